The fraction of sp³-hybridized carbons (Fsp3) is 0.609. The van der Waals surface area contributed by atoms with Gasteiger partial charge < -0.3 is 14.6 Å². The molecule has 1 fully saturated rings. The lowest BCUT2D eigenvalue weighted by molar-refractivity contribution is -0.182. The first kappa shape index (κ1) is 24.0. The van der Waals surface area contributed by atoms with Crippen LogP contribution in [0.1, 0.15) is 66.4 Å². The van der Waals surface area contributed by atoms with Crippen molar-refractivity contribution in [2.24, 2.45) is 11.8 Å². The van der Waals surface area contributed by atoms with Gasteiger partial charge in [0.25, 0.3) is 0 Å². The summed E-state index contributed by atoms with van der Waals surface area (Å²) in [6.07, 6.45) is -0.424. The van der Waals surface area contributed by atoms with E-state index in [0.29, 0.717) is 0 Å². The van der Waals surface area contributed by atoms with Crippen molar-refractivity contribution >= 4 is 17.7 Å². The highest BCUT2D eigenvalue weighted by molar-refractivity contribution is 6.03. The van der Waals surface area contributed by atoms with E-state index in [2.05, 4.69) is 0 Å². The third-order valence-electron chi connectivity index (χ3n) is 4.82. The number of carbonyl (C=O) groups excluding carboxylic acids is 3. The zero-order valence-corrected chi connectivity index (χ0v) is 18.6. The molecule has 1 saturated carbocycles. The highest BCUT2D eigenvalue weighted by atomic mass is 19.1. The van der Waals surface area contributed by atoms with Crippen molar-refractivity contribution in [1.82, 2.24) is 0 Å². The van der Waals surface area contributed by atoms with E-state index in [-0.39, 0.29) is 5.56 Å². The van der Waals surface area contributed by atoms with Gasteiger partial charge in [-0.1, -0.05) is 12.1 Å². The number of ether oxygens (including phenoxy) is 2. The standard InChI is InChI=1S/C23H31FO6/c1-21(2,3)29-19(26)17-15(25)12-23(7,28)18(20(27)30-22(4,5)6)16(17)13-9-8-10-14(24)11-13/h8-11,16-18,28H,12H2,1-7H3/t16-,17-,18+,23+/m0/s1. The Balaban J connectivity index is 2.64. The number of esters is 2. The molecule has 0 radical (unpaired) electrons. The molecule has 0 bridgehead atoms. The Morgan fingerprint density at radius 2 is 1.60 bits per heavy atom. The van der Waals surface area contributed by atoms with Crippen molar-refractivity contribution in [3.63, 3.8) is 0 Å². The molecule has 6 nitrogen and oxygen atoms in total. The highest BCUT2D eigenvalue weighted by Crippen LogP contribution is 2.47. The number of Topliss-reactive ketones (excluding diaryl/α,β-unsaturated/α-hetero) is 1. The molecule has 0 aliphatic heterocycles. The average Bonchev–Trinajstić information content (AvgIpc) is 2.49. The van der Waals surface area contributed by atoms with Gasteiger partial charge in [0.2, 0.25) is 0 Å². The smallest absolute Gasteiger partial charge is 0.317 e. The molecule has 0 unspecified atom stereocenters. The normalized spacial score (nSPS) is 27.5. The lowest BCUT2D eigenvalue weighted by atomic mass is 9.61. The minimum atomic E-state index is -1.78. The van der Waals surface area contributed by atoms with Crippen LogP contribution in [0.25, 0.3) is 0 Å². The quantitative estimate of drug-likeness (QED) is 0.592. The maximum absolute atomic E-state index is 14.0. The fourth-order valence-electron chi connectivity index (χ4n) is 3.86. The molecule has 0 heterocycles. The van der Waals surface area contributed by atoms with Crippen molar-refractivity contribution in [3.8, 4) is 0 Å². The van der Waals surface area contributed by atoms with Crippen molar-refractivity contribution < 1.29 is 33.4 Å². The lowest BCUT2D eigenvalue weighted by Crippen LogP contribution is -2.56. The van der Waals surface area contributed by atoms with Gasteiger partial charge in [-0.15, -0.1) is 0 Å². The van der Waals surface area contributed by atoms with Crippen LogP contribution in [0.4, 0.5) is 4.39 Å². The summed E-state index contributed by atoms with van der Waals surface area (Å²) in [6, 6.07) is 5.33. The molecule has 1 aliphatic carbocycles. The number of benzene rings is 1. The van der Waals surface area contributed by atoms with Crippen molar-refractivity contribution in [3.05, 3.63) is 35.6 Å². The summed E-state index contributed by atoms with van der Waals surface area (Å²) < 4.78 is 25.0. The Labute approximate surface area is 176 Å². The number of hydrogen-bond acceptors (Lipinski definition) is 6. The molecule has 1 N–H and O–H groups in total. The molecule has 0 spiro atoms. The minimum absolute atomic E-state index is 0.245. The highest BCUT2D eigenvalue weighted by Gasteiger charge is 2.57. The molecule has 0 amide bonds. The Morgan fingerprint density at radius 3 is 2.10 bits per heavy atom. The van der Waals surface area contributed by atoms with E-state index in [4.69, 9.17) is 9.47 Å². The molecule has 1 aromatic carbocycles. The van der Waals surface area contributed by atoms with Crippen LogP contribution < -0.4 is 0 Å². The summed E-state index contributed by atoms with van der Waals surface area (Å²) >= 11 is 0. The third kappa shape index (κ3) is 5.65. The molecule has 30 heavy (non-hydrogen) atoms. The SMILES string of the molecule is CC(C)(C)OC(=O)[C@H]1C(=O)C[C@@](C)(O)[C@@H](C(=O)OC(C)(C)C)[C@H]1c1cccc(F)c1. The second-order valence-electron chi connectivity index (χ2n) is 10.1. The topological polar surface area (TPSA) is 89.9 Å². The fourth-order valence-corrected chi connectivity index (χ4v) is 3.86. The van der Waals surface area contributed by atoms with Crippen LogP contribution in [-0.2, 0) is 23.9 Å². The van der Waals surface area contributed by atoms with E-state index in [1.54, 1.807) is 41.5 Å². The van der Waals surface area contributed by atoms with Gasteiger partial charge in [0, 0.05) is 12.3 Å². The molecule has 166 valence electrons. The maximum Gasteiger partial charge on any atom is 0.317 e. The lowest BCUT2D eigenvalue weighted by Gasteiger charge is -2.44. The van der Waals surface area contributed by atoms with Gasteiger partial charge in [-0.2, -0.15) is 0 Å². The van der Waals surface area contributed by atoms with E-state index < -0.39 is 64.5 Å². The molecular weight excluding hydrogens is 391 g/mol. The van der Waals surface area contributed by atoms with Gasteiger partial charge in [0.05, 0.1) is 11.5 Å². The summed E-state index contributed by atoms with van der Waals surface area (Å²) in [4.78, 5) is 39.1. The molecule has 7 heteroatoms. The first-order valence-electron chi connectivity index (χ1n) is 9.98. The Hall–Kier alpha value is -2.28. The zero-order chi connectivity index (χ0) is 23.1. The number of halogens is 1. The maximum atomic E-state index is 14.0. The summed E-state index contributed by atoms with van der Waals surface area (Å²) in [5.41, 5.74) is -3.27. The van der Waals surface area contributed by atoms with E-state index in [1.807, 2.05) is 0 Å². The van der Waals surface area contributed by atoms with Gasteiger partial charge >= 0.3 is 11.9 Å². The monoisotopic (exact) mass is 422 g/mol. The van der Waals surface area contributed by atoms with Crippen LogP contribution in [0, 0.1) is 17.7 Å². The zero-order valence-electron chi connectivity index (χ0n) is 18.6. The largest absolute Gasteiger partial charge is 0.460 e. The Bertz CT molecular complexity index is 831. The van der Waals surface area contributed by atoms with E-state index >= 15 is 0 Å². The van der Waals surface area contributed by atoms with Crippen LogP contribution >= 0.6 is 0 Å². The van der Waals surface area contributed by atoms with Gasteiger partial charge in [-0.05, 0) is 66.2 Å². The van der Waals surface area contributed by atoms with Gasteiger partial charge in [0.1, 0.15) is 22.9 Å². The summed E-state index contributed by atoms with van der Waals surface area (Å²) in [6.45, 7) is 11.4. The first-order chi connectivity index (χ1) is 13.5. The molecule has 4 atom stereocenters. The van der Waals surface area contributed by atoms with E-state index in [1.165, 1.54) is 25.1 Å². The molecule has 0 saturated heterocycles. The molecule has 1 aliphatic rings. The number of hydrogen-bond donors (Lipinski definition) is 1. The predicted octanol–water partition coefficient (Wildman–Crippen LogP) is 3.55. The molecule has 0 aromatic heterocycles. The van der Waals surface area contributed by atoms with E-state index in [9.17, 15) is 23.9 Å². The van der Waals surface area contributed by atoms with Crippen LogP contribution in [0.15, 0.2) is 24.3 Å². The van der Waals surface area contributed by atoms with Crippen LogP contribution in [0.3, 0.4) is 0 Å². The number of rotatable bonds is 3. The summed E-state index contributed by atoms with van der Waals surface area (Å²) in [5.74, 6) is -6.51. The van der Waals surface area contributed by atoms with E-state index in [0.717, 1.165) is 6.07 Å². The van der Waals surface area contributed by atoms with Crippen LogP contribution in [0.5, 0.6) is 0 Å². The number of ketones is 1. The van der Waals surface area contributed by atoms with Crippen molar-refractivity contribution in [2.45, 2.75) is 77.6 Å². The molecule has 1 aromatic rings. The summed E-state index contributed by atoms with van der Waals surface area (Å²) in [7, 11) is 0. The Morgan fingerprint density at radius 1 is 1.07 bits per heavy atom. The third-order valence-corrected chi connectivity index (χ3v) is 4.82. The average molecular weight is 422 g/mol. The van der Waals surface area contributed by atoms with Crippen LogP contribution in [0.2, 0.25) is 0 Å². The predicted molar refractivity (Wildman–Crippen MR) is 108 cm³/mol. The van der Waals surface area contributed by atoms with Gasteiger partial charge in [-0.25, -0.2) is 4.39 Å². The van der Waals surface area contributed by atoms with Gasteiger partial charge in [0.15, 0.2) is 5.78 Å². The molecule has 2 rings (SSSR count). The van der Waals surface area contributed by atoms with Crippen molar-refractivity contribution in [1.29, 1.82) is 0 Å². The number of aliphatic hydroxyl groups is 1. The summed E-state index contributed by atoms with van der Waals surface area (Å²) in [5, 5.41) is 11.0. The molecular formula is C23H31FO6. The second-order valence-corrected chi connectivity index (χ2v) is 10.1. The minimum Gasteiger partial charge on any atom is -0.460 e. The number of carbonyl (C=O) groups is 3. The second kappa shape index (κ2) is 8.10. The van der Waals surface area contributed by atoms with Crippen LogP contribution in [-0.4, -0.2) is 39.6 Å². The Kier molecular flexibility index (Phi) is 6.48. The van der Waals surface area contributed by atoms with Crippen molar-refractivity contribution in [2.75, 3.05) is 0 Å². The first-order valence-corrected chi connectivity index (χ1v) is 9.98. The van der Waals surface area contributed by atoms with Gasteiger partial charge in [-0.3, -0.25) is 14.4 Å².